The molecular weight excluding hydrogens is 239 g/mol. The van der Waals surface area contributed by atoms with Crippen LogP contribution in [0.4, 0.5) is 11.4 Å². The van der Waals surface area contributed by atoms with Crippen molar-refractivity contribution in [2.24, 2.45) is 0 Å². The summed E-state index contributed by atoms with van der Waals surface area (Å²) >= 11 is 0. The SMILES string of the molecule is CC12CC(=O)Nc3cccc(c31)N(CC(=O)[O-])C2.[Li+]. The first-order valence-electron chi connectivity index (χ1n) is 5.88. The third kappa shape index (κ3) is 2.13. The predicted molar refractivity (Wildman–Crippen MR) is 64.3 cm³/mol. The fraction of sp³-hybridized carbons (Fsp3) is 0.385. The zero-order valence-electron chi connectivity index (χ0n) is 11.0. The van der Waals surface area contributed by atoms with E-state index in [4.69, 9.17) is 0 Å². The first-order chi connectivity index (χ1) is 8.49. The fourth-order valence-electron chi connectivity index (χ4n) is 3.12. The second-order valence-electron chi connectivity index (χ2n) is 5.21. The number of hydrogen-bond donors (Lipinski definition) is 1. The van der Waals surface area contributed by atoms with E-state index in [1.807, 2.05) is 25.1 Å². The van der Waals surface area contributed by atoms with Gasteiger partial charge < -0.3 is 20.1 Å². The fourth-order valence-corrected chi connectivity index (χ4v) is 3.12. The molecule has 0 saturated heterocycles. The zero-order chi connectivity index (χ0) is 12.9. The average molecular weight is 252 g/mol. The minimum atomic E-state index is -1.10. The molecule has 94 valence electrons. The van der Waals surface area contributed by atoms with Crippen LogP contribution in [0.1, 0.15) is 18.9 Å². The van der Waals surface area contributed by atoms with Gasteiger partial charge in [-0.2, -0.15) is 0 Å². The molecule has 3 rings (SSSR count). The Balaban J connectivity index is 0.00000133. The van der Waals surface area contributed by atoms with Crippen molar-refractivity contribution in [3.05, 3.63) is 23.8 Å². The Morgan fingerprint density at radius 3 is 2.95 bits per heavy atom. The van der Waals surface area contributed by atoms with E-state index in [1.165, 1.54) is 0 Å². The average Bonchev–Trinajstić information content (AvgIpc) is 2.51. The number of benzene rings is 1. The molecule has 2 aliphatic rings. The van der Waals surface area contributed by atoms with Crippen LogP contribution >= 0.6 is 0 Å². The number of rotatable bonds is 2. The smallest absolute Gasteiger partial charge is 0.548 e. The van der Waals surface area contributed by atoms with Crippen molar-refractivity contribution in [2.75, 3.05) is 23.3 Å². The quantitative estimate of drug-likeness (QED) is 0.565. The number of carboxylic acids is 1. The van der Waals surface area contributed by atoms with Crippen molar-refractivity contribution in [1.82, 2.24) is 0 Å². The Morgan fingerprint density at radius 2 is 2.26 bits per heavy atom. The molecule has 2 aliphatic heterocycles. The van der Waals surface area contributed by atoms with Crippen LogP contribution in [0.3, 0.4) is 0 Å². The predicted octanol–water partition coefficient (Wildman–Crippen LogP) is -3.14. The van der Waals surface area contributed by atoms with E-state index in [0.29, 0.717) is 13.0 Å². The molecule has 0 fully saturated rings. The molecule has 0 aromatic heterocycles. The summed E-state index contributed by atoms with van der Waals surface area (Å²) in [7, 11) is 0. The van der Waals surface area contributed by atoms with Crippen LogP contribution < -0.4 is 34.2 Å². The summed E-state index contributed by atoms with van der Waals surface area (Å²) < 4.78 is 0. The summed E-state index contributed by atoms with van der Waals surface area (Å²) in [6.07, 6.45) is 0.389. The van der Waals surface area contributed by atoms with Crippen LogP contribution in [0.2, 0.25) is 0 Å². The van der Waals surface area contributed by atoms with Gasteiger partial charge in [-0.3, -0.25) is 4.79 Å². The van der Waals surface area contributed by atoms with Crippen LogP contribution in [-0.2, 0) is 15.0 Å². The van der Waals surface area contributed by atoms with Crippen molar-refractivity contribution in [1.29, 1.82) is 0 Å². The van der Waals surface area contributed by atoms with Gasteiger partial charge in [-0.05, 0) is 12.1 Å². The molecular formula is C13H13LiN2O3. The Morgan fingerprint density at radius 1 is 1.53 bits per heavy atom. The second-order valence-corrected chi connectivity index (χ2v) is 5.21. The molecule has 1 unspecified atom stereocenters. The minimum absolute atomic E-state index is 0. The van der Waals surface area contributed by atoms with E-state index < -0.39 is 5.97 Å². The van der Waals surface area contributed by atoms with Crippen molar-refractivity contribution < 1.29 is 33.6 Å². The Hall–Kier alpha value is -1.44. The van der Waals surface area contributed by atoms with Crippen LogP contribution in [0, 0.1) is 0 Å². The standard InChI is InChI=1S/C13H14N2O3.Li/c1-13-5-10(16)14-8-3-2-4-9(12(8)13)15(7-13)6-11(17)18;/h2-4H,5-7H2,1H3,(H,14,16)(H,17,18);/q;+1/p-1. The monoisotopic (exact) mass is 252 g/mol. The van der Waals surface area contributed by atoms with Gasteiger partial charge in [-0.25, -0.2) is 0 Å². The molecule has 1 N–H and O–H groups in total. The number of aliphatic carboxylic acids is 1. The molecule has 0 radical (unpaired) electrons. The molecule has 6 heteroatoms. The second kappa shape index (κ2) is 4.59. The van der Waals surface area contributed by atoms with Crippen LogP contribution in [0.5, 0.6) is 0 Å². The van der Waals surface area contributed by atoms with Crippen LogP contribution in [-0.4, -0.2) is 25.0 Å². The third-order valence-corrected chi connectivity index (χ3v) is 3.67. The van der Waals surface area contributed by atoms with Crippen LogP contribution in [0.15, 0.2) is 18.2 Å². The Kier molecular flexibility index (Phi) is 3.37. The van der Waals surface area contributed by atoms with E-state index in [2.05, 4.69) is 5.32 Å². The number of carbonyl (C=O) groups is 2. The van der Waals surface area contributed by atoms with E-state index in [1.54, 1.807) is 4.90 Å². The number of amides is 1. The zero-order valence-corrected chi connectivity index (χ0v) is 11.0. The maximum absolute atomic E-state index is 11.7. The number of nitrogens with zero attached hydrogens (tertiary/aromatic N) is 1. The molecule has 1 atom stereocenters. The van der Waals surface area contributed by atoms with Gasteiger partial charge in [0.15, 0.2) is 0 Å². The summed E-state index contributed by atoms with van der Waals surface area (Å²) in [5.74, 6) is -1.12. The number of carbonyl (C=O) groups excluding carboxylic acids is 2. The van der Waals surface area contributed by atoms with Gasteiger partial charge in [0.1, 0.15) is 0 Å². The van der Waals surface area contributed by atoms with Gasteiger partial charge in [0, 0.05) is 35.3 Å². The normalized spacial score (nSPS) is 23.4. The first-order valence-corrected chi connectivity index (χ1v) is 5.88. The summed E-state index contributed by atoms with van der Waals surface area (Å²) in [5, 5.41) is 13.6. The molecule has 5 nitrogen and oxygen atoms in total. The largest absolute Gasteiger partial charge is 1.00 e. The summed E-state index contributed by atoms with van der Waals surface area (Å²) in [4.78, 5) is 24.3. The van der Waals surface area contributed by atoms with Crippen molar-refractivity contribution in [2.45, 2.75) is 18.8 Å². The number of carboxylic acid groups (broad SMARTS) is 1. The van der Waals surface area contributed by atoms with E-state index >= 15 is 0 Å². The van der Waals surface area contributed by atoms with Gasteiger partial charge in [-0.15, -0.1) is 0 Å². The molecule has 1 aromatic carbocycles. The number of hydrogen-bond acceptors (Lipinski definition) is 4. The summed E-state index contributed by atoms with van der Waals surface area (Å²) in [6.45, 7) is 2.41. The maximum Gasteiger partial charge on any atom is 1.00 e. The minimum Gasteiger partial charge on any atom is -0.548 e. The molecule has 1 amide bonds. The molecule has 0 aliphatic carbocycles. The summed E-state index contributed by atoms with van der Waals surface area (Å²) in [6, 6.07) is 5.58. The van der Waals surface area contributed by atoms with Crippen molar-refractivity contribution in [3.63, 3.8) is 0 Å². The van der Waals surface area contributed by atoms with Crippen molar-refractivity contribution in [3.8, 4) is 0 Å². The molecule has 19 heavy (non-hydrogen) atoms. The van der Waals surface area contributed by atoms with E-state index in [0.717, 1.165) is 16.9 Å². The molecule has 0 saturated carbocycles. The maximum atomic E-state index is 11.7. The van der Waals surface area contributed by atoms with Gasteiger partial charge in [0.2, 0.25) is 5.91 Å². The molecule has 2 heterocycles. The van der Waals surface area contributed by atoms with Crippen LogP contribution in [0.25, 0.3) is 0 Å². The van der Waals surface area contributed by atoms with Gasteiger partial charge in [0.25, 0.3) is 0 Å². The number of anilines is 2. The topological polar surface area (TPSA) is 72.5 Å². The summed E-state index contributed by atoms with van der Waals surface area (Å²) in [5.41, 5.74) is 2.43. The molecule has 0 bridgehead atoms. The van der Waals surface area contributed by atoms with Gasteiger partial charge in [0.05, 0.1) is 12.5 Å². The van der Waals surface area contributed by atoms with Gasteiger partial charge in [-0.1, -0.05) is 13.0 Å². The molecule has 1 aromatic rings. The Labute approximate surface area is 123 Å². The van der Waals surface area contributed by atoms with Gasteiger partial charge >= 0.3 is 18.9 Å². The molecule has 0 spiro atoms. The first kappa shape index (κ1) is 14.0. The third-order valence-electron chi connectivity index (χ3n) is 3.67. The number of nitrogens with one attached hydrogen (secondary N) is 1. The van der Waals surface area contributed by atoms with E-state index in [9.17, 15) is 14.7 Å². The Bertz CT molecular complexity index is 561. The van der Waals surface area contributed by atoms with Crippen molar-refractivity contribution >= 4 is 23.3 Å². The van der Waals surface area contributed by atoms with E-state index in [-0.39, 0.29) is 36.7 Å².